The second kappa shape index (κ2) is 6.70. The number of rotatable bonds is 6. The molecule has 19 heavy (non-hydrogen) atoms. The van der Waals surface area contributed by atoms with Gasteiger partial charge in [-0.25, -0.2) is 4.98 Å². The molecule has 0 unspecified atom stereocenters. The highest BCUT2D eigenvalue weighted by Crippen LogP contribution is 2.08. The summed E-state index contributed by atoms with van der Waals surface area (Å²) >= 11 is 0. The standard InChI is InChI=1S/C14H18N4O/c1-12(19)17-7-6-15-10-13-2-4-14(5-3-13)18-9-8-16-11-18/h2-5,8-9,11,15H,6-7,10H2,1H3,(H,17,19). The van der Waals surface area contributed by atoms with Crippen molar-refractivity contribution in [1.29, 1.82) is 0 Å². The molecule has 1 heterocycles. The number of carbonyl (C=O) groups excluding carboxylic acids is 1. The van der Waals surface area contributed by atoms with Crippen LogP contribution in [0, 0.1) is 0 Å². The van der Waals surface area contributed by atoms with Crippen molar-refractivity contribution in [2.24, 2.45) is 0 Å². The zero-order valence-corrected chi connectivity index (χ0v) is 11.0. The molecule has 1 aromatic heterocycles. The van der Waals surface area contributed by atoms with Crippen LogP contribution in [0.15, 0.2) is 43.0 Å². The quantitative estimate of drug-likeness (QED) is 0.763. The second-order valence-electron chi connectivity index (χ2n) is 4.30. The molecule has 1 aromatic carbocycles. The Balaban J connectivity index is 1.78. The first-order valence-electron chi connectivity index (χ1n) is 6.28. The lowest BCUT2D eigenvalue weighted by atomic mass is 10.2. The Labute approximate surface area is 112 Å². The Morgan fingerprint density at radius 1 is 1.26 bits per heavy atom. The van der Waals surface area contributed by atoms with E-state index < -0.39 is 0 Å². The fourth-order valence-corrected chi connectivity index (χ4v) is 1.76. The van der Waals surface area contributed by atoms with Crippen molar-refractivity contribution >= 4 is 5.91 Å². The molecule has 0 fully saturated rings. The summed E-state index contributed by atoms with van der Waals surface area (Å²) in [6, 6.07) is 8.29. The number of benzene rings is 1. The van der Waals surface area contributed by atoms with E-state index in [1.54, 1.807) is 12.5 Å². The zero-order valence-electron chi connectivity index (χ0n) is 11.0. The molecule has 0 bridgehead atoms. The molecule has 2 N–H and O–H groups in total. The Hall–Kier alpha value is -2.14. The van der Waals surface area contributed by atoms with Crippen LogP contribution in [-0.4, -0.2) is 28.5 Å². The lowest BCUT2D eigenvalue weighted by Gasteiger charge is -2.07. The predicted molar refractivity (Wildman–Crippen MR) is 74.0 cm³/mol. The molecule has 0 saturated carbocycles. The third kappa shape index (κ3) is 4.22. The molecular weight excluding hydrogens is 240 g/mol. The molecule has 5 heteroatoms. The highest BCUT2D eigenvalue weighted by molar-refractivity contribution is 5.72. The molecule has 0 aliphatic carbocycles. The molecular formula is C14H18N4O. The van der Waals surface area contributed by atoms with E-state index in [9.17, 15) is 4.79 Å². The van der Waals surface area contributed by atoms with Crippen LogP contribution in [0.4, 0.5) is 0 Å². The molecule has 0 saturated heterocycles. The molecule has 100 valence electrons. The normalized spacial score (nSPS) is 10.4. The monoisotopic (exact) mass is 258 g/mol. The fraction of sp³-hybridized carbons (Fsp3) is 0.286. The number of aromatic nitrogens is 2. The van der Waals surface area contributed by atoms with Crippen molar-refractivity contribution in [1.82, 2.24) is 20.2 Å². The molecule has 0 atom stereocenters. The van der Waals surface area contributed by atoms with Gasteiger partial charge in [0.25, 0.3) is 0 Å². The summed E-state index contributed by atoms with van der Waals surface area (Å²) in [7, 11) is 0. The lowest BCUT2D eigenvalue weighted by molar-refractivity contribution is -0.118. The Kier molecular flexibility index (Phi) is 4.69. The zero-order chi connectivity index (χ0) is 13.5. The van der Waals surface area contributed by atoms with Crippen molar-refractivity contribution in [2.75, 3.05) is 13.1 Å². The van der Waals surface area contributed by atoms with Gasteiger partial charge in [0.2, 0.25) is 5.91 Å². The van der Waals surface area contributed by atoms with Crippen LogP contribution in [0.5, 0.6) is 0 Å². The van der Waals surface area contributed by atoms with Crippen LogP contribution >= 0.6 is 0 Å². The topological polar surface area (TPSA) is 59.0 Å². The summed E-state index contributed by atoms with van der Waals surface area (Å²) < 4.78 is 1.97. The molecule has 0 aliphatic rings. The molecule has 0 radical (unpaired) electrons. The summed E-state index contributed by atoms with van der Waals surface area (Å²) in [5, 5.41) is 6.03. The largest absolute Gasteiger partial charge is 0.355 e. The molecule has 0 spiro atoms. The Bertz CT molecular complexity index is 505. The van der Waals surface area contributed by atoms with Crippen LogP contribution in [0.2, 0.25) is 0 Å². The van der Waals surface area contributed by atoms with Gasteiger partial charge >= 0.3 is 0 Å². The third-order valence-corrected chi connectivity index (χ3v) is 2.74. The lowest BCUT2D eigenvalue weighted by Crippen LogP contribution is -2.29. The maximum absolute atomic E-state index is 10.7. The fourth-order valence-electron chi connectivity index (χ4n) is 1.76. The maximum atomic E-state index is 10.7. The average molecular weight is 258 g/mol. The van der Waals surface area contributed by atoms with Crippen LogP contribution < -0.4 is 10.6 Å². The van der Waals surface area contributed by atoms with E-state index in [0.29, 0.717) is 6.54 Å². The van der Waals surface area contributed by atoms with Crippen LogP contribution in [0.3, 0.4) is 0 Å². The smallest absolute Gasteiger partial charge is 0.216 e. The van der Waals surface area contributed by atoms with Crippen molar-refractivity contribution in [2.45, 2.75) is 13.5 Å². The van der Waals surface area contributed by atoms with Crippen LogP contribution in [-0.2, 0) is 11.3 Å². The molecule has 0 aliphatic heterocycles. The summed E-state index contributed by atoms with van der Waals surface area (Å²) in [4.78, 5) is 14.7. The minimum Gasteiger partial charge on any atom is -0.355 e. The molecule has 2 rings (SSSR count). The first-order valence-corrected chi connectivity index (χ1v) is 6.28. The SMILES string of the molecule is CC(=O)NCCNCc1ccc(-n2ccnc2)cc1. The summed E-state index contributed by atoms with van der Waals surface area (Å²) in [6.45, 7) is 3.74. The molecule has 1 amide bonds. The van der Waals surface area contributed by atoms with Gasteiger partial charge in [-0.3, -0.25) is 4.79 Å². The summed E-state index contributed by atoms with van der Waals surface area (Å²) in [6.07, 6.45) is 5.46. The van der Waals surface area contributed by atoms with E-state index in [0.717, 1.165) is 18.8 Å². The molecule has 5 nitrogen and oxygen atoms in total. The van der Waals surface area contributed by atoms with Crippen LogP contribution in [0.1, 0.15) is 12.5 Å². The van der Waals surface area contributed by atoms with Crippen molar-refractivity contribution in [3.8, 4) is 5.69 Å². The van der Waals surface area contributed by atoms with Crippen molar-refractivity contribution < 1.29 is 4.79 Å². The van der Waals surface area contributed by atoms with Gasteiger partial charge < -0.3 is 15.2 Å². The number of hydrogen-bond acceptors (Lipinski definition) is 3. The van der Waals surface area contributed by atoms with E-state index in [-0.39, 0.29) is 5.91 Å². The second-order valence-corrected chi connectivity index (χ2v) is 4.30. The average Bonchev–Trinajstić information content (AvgIpc) is 2.93. The van der Waals surface area contributed by atoms with Crippen molar-refractivity contribution in [3.63, 3.8) is 0 Å². The number of carbonyl (C=O) groups is 1. The number of nitrogens with one attached hydrogen (secondary N) is 2. The van der Waals surface area contributed by atoms with E-state index in [1.165, 1.54) is 12.5 Å². The van der Waals surface area contributed by atoms with Gasteiger partial charge in [-0.05, 0) is 17.7 Å². The molecule has 2 aromatic rings. The maximum Gasteiger partial charge on any atom is 0.216 e. The minimum absolute atomic E-state index is 0.00600. The van der Waals surface area contributed by atoms with E-state index >= 15 is 0 Å². The van der Waals surface area contributed by atoms with E-state index in [4.69, 9.17) is 0 Å². The summed E-state index contributed by atoms with van der Waals surface area (Å²) in [5.74, 6) is 0.00600. The highest BCUT2D eigenvalue weighted by atomic mass is 16.1. The Morgan fingerprint density at radius 2 is 2.05 bits per heavy atom. The predicted octanol–water partition coefficient (Wildman–Crippen LogP) is 1.10. The first-order chi connectivity index (χ1) is 9.25. The van der Waals surface area contributed by atoms with Crippen LogP contribution in [0.25, 0.3) is 5.69 Å². The van der Waals surface area contributed by atoms with Gasteiger partial charge in [0.1, 0.15) is 0 Å². The van der Waals surface area contributed by atoms with Gasteiger partial charge in [0.05, 0.1) is 6.33 Å². The van der Waals surface area contributed by atoms with E-state index in [1.807, 2.05) is 10.8 Å². The number of amides is 1. The third-order valence-electron chi connectivity index (χ3n) is 2.74. The number of imidazole rings is 1. The van der Waals surface area contributed by atoms with E-state index in [2.05, 4.69) is 39.9 Å². The van der Waals surface area contributed by atoms with Gasteiger partial charge in [-0.1, -0.05) is 12.1 Å². The number of hydrogen-bond donors (Lipinski definition) is 2. The minimum atomic E-state index is 0.00600. The Morgan fingerprint density at radius 3 is 2.68 bits per heavy atom. The highest BCUT2D eigenvalue weighted by Gasteiger charge is 1.97. The van der Waals surface area contributed by atoms with Gasteiger partial charge in [0, 0.05) is 44.6 Å². The first kappa shape index (κ1) is 13.3. The summed E-state index contributed by atoms with van der Waals surface area (Å²) in [5.41, 5.74) is 2.31. The van der Waals surface area contributed by atoms with Gasteiger partial charge in [-0.2, -0.15) is 0 Å². The van der Waals surface area contributed by atoms with Gasteiger partial charge in [-0.15, -0.1) is 0 Å². The number of nitrogens with zero attached hydrogens (tertiary/aromatic N) is 2. The van der Waals surface area contributed by atoms with Crippen molar-refractivity contribution in [3.05, 3.63) is 48.5 Å². The van der Waals surface area contributed by atoms with Gasteiger partial charge in [0.15, 0.2) is 0 Å².